The summed E-state index contributed by atoms with van der Waals surface area (Å²) in [6, 6.07) is 11.5. The Hall–Kier alpha value is -2.22. The van der Waals surface area contributed by atoms with Crippen molar-refractivity contribution in [3.63, 3.8) is 0 Å². The highest BCUT2D eigenvalue weighted by molar-refractivity contribution is 7.90. The first-order chi connectivity index (χ1) is 11.9. The molecule has 2 aromatic carbocycles. The lowest BCUT2D eigenvalue weighted by Crippen LogP contribution is -2.47. The number of rotatable bonds is 3. The van der Waals surface area contributed by atoms with Crippen LogP contribution in [0.25, 0.3) is 0 Å². The van der Waals surface area contributed by atoms with Gasteiger partial charge in [0.1, 0.15) is 4.90 Å². The molecule has 2 amide bonds. The molecular formula is C16H13Cl2N3O3S. The number of urea groups is 1. The molecule has 1 atom stereocenters. The van der Waals surface area contributed by atoms with Crippen LogP contribution < -0.4 is 10.1 Å². The summed E-state index contributed by atoms with van der Waals surface area (Å²) in [5.74, 6) is 0. The molecule has 0 radical (unpaired) electrons. The Morgan fingerprint density at radius 2 is 1.76 bits per heavy atom. The Kier molecular flexibility index (Phi) is 4.89. The van der Waals surface area contributed by atoms with E-state index in [0.717, 1.165) is 10.6 Å². The molecule has 2 N–H and O–H groups in total. The number of nitrogens with one attached hydrogen (secondary N) is 2. The maximum Gasteiger partial charge on any atom is 0.350 e. The quantitative estimate of drug-likeness (QED) is 0.830. The van der Waals surface area contributed by atoms with Crippen molar-refractivity contribution >= 4 is 39.3 Å². The normalized spacial score (nSPS) is 16.6. The predicted octanol–water partition coefficient (Wildman–Crippen LogP) is 3.47. The molecule has 0 fully saturated rings. The third kappa shape index (κ3) is 3.73. The standard InChI is InChI=1S/C16H13Cl2N3O3S/c17-12-7-5-11(6-8-12)14-9-10-19-21(14)16(22)20-25(23,24)15-4-2-1-3-13(15)18/h1-10,14,19H,(H,20,22). The zero-order chi connectivity index (χ0) is 18.0. The summed E-state index contributed by atoms with van der Waals surface area (Å²) in [5, 5.41) is 1.76. The van der Waals surface area contributed by atoms with Crippen LogP contribution in [0.4, 0.5) is 4.79 Å². The highest BCUT2D eigenvalue weighted by Crippen LogP contribution is 2.26. The second-order valence-electron chi connectivity index (χ2n) is 5.20. The molecule has 0 aliphatic carbocycles. The Morgan fingerprint density at radius 1 is 1.08 bits per heavy atom. The summed E-state index contributed by atoms with van der Waals surface area (Å²) in [4.78, 5) is 12.3. The van der Waals surface area contributed by atoms with Crippen LogP contribution in [-0.2, 0) is 10.0 Å². The van der Waals surface area contributed by atoms with Crippen LogP contribution >= 0.6 is 23.2 Å². The minimum absolute atomic E-state index is 0.0320. The Bertz CT molecular complexity index is 930. The average Bonchev–Trinajstić information content (AvgIpc) is 3.05. The Balaban J connectivity index is 1.81. The van der Waals surface area contributed by atoms with E-state index < -0.39 is 22.1 Å². The second-order valence-corrected chi connectivity index (χ2v) is 7.69. The molecular weight excluding hydrogens is 385 g/mol. The molecule has 1 aliphatic rings. The van der Waals surface area contributed by atoms with E-state index in [0.29, 0.717) is 5.02 Å². The summed E-state index contributed by atoms with van der Waals surface area (Å²) in [5.41, 5.74) is 3.49. The van der Waals surface area contributed by atoms with Gasteiger partial charge >= 0.3 is 6.03 Å². The van der Waals surface area contributed by atoms with Crippen molar-refractivity contribution < 1.29 is 13.2 Å². The third-order valence-electron chi connectivity index (χ3n) is 3.55. The van der Waals surface area contributed by atoms with E-state index in [2.05, 4.69) is 5.43 Å². The van der Waals surface area contributed by atoms with E-state index >= 15 is 0 Å². The van der Waals surface area contributed by atoms with Gasteiger partial charge in [0.05, 0.1) is 11.1 Å². The van der Waals surface area contributed by atoms with Gasteiger partial charge in [0.2, 0.25) is 0 Å². The van der Waals surface area contributed by atoms with E-state index in [1.807, 2.05) is 4.72 Å². The average molecular weight is 398 g/mol. The molecule has 0 bridgehead atoms. The van der Waals surface area contributed by atoms with E-state index in [-0.39, 0.29) is 9.92 Å². The number of hydrazine groups is 1. The van der Waals surface area contributed by atoms with Gasteiger partial charge in [-0.05, 0) is 35.9 Å². The molecule has 2 aromatic rings. The lowest BCUT2D eigenvalue weighted by Gasteiger charge is -2.25. The summed E-state index contributed by atoms with van der Waals surface area (Å²) in [6.45, 7) is 0. The lowest BCUT2D eigenvalue weighted by molar-refractivity contribution is 0.181. The summed E-state index contributed by atoms with van der Waals surface area (Å²) >= 11 is 11.8. The molecule has 6 nitrogen and oxygen atoms in total. The van der Waals surface area contributed by atoms with E-state index in [1.54, 1.807) is 42.6 Å². The molecule has 25 heavy (non-hydrogen) atoms. The molecule has 1 heterocycles. The van der Waals surface area contributed by atoms with Gasteiger partial charge in [-0.3, -0.25) is 0 Å². The van der Waals surface area contributed by atoms with E-state index in [4.69, 9.17) is 23.2 Å². The van der Waals surface area contributed by atoms with Crippen molar-refractivity contribution in [1.29, 1.82) is 0 Å². The summed E-state index contributed by atoms with van der Waals surface area (Å²) < 4.78 is 26.8. The van der Waals surface area contributed by atoms with Crippen molar-refractivity contribution in [2.45, 2.75) is 10.9 Å². The van der Waals surface area contributed by atoms with Crippen LogP contribution in [0, 0.1) is 0 Å². The van der Waals surface area contributed by atoms with Gasteiger partial charge in [0, 0.05) is 11.2 Å². The van der Waals surface area contributed by atoms with Crippen LogP contribution in [-0.4, -0.2) is 19.5 Å². The first-order valence-corrected chi connectivity index (χ1v) is 9.41. The van der Waals surface area contributed by atoms with Gasteiger partial charge in [-0.15, -0.1) is 0 Å². The number of hydrogen-bond donors (Lipinski definition) is 2. The minimum atomic E-state index is -4.10. The lowest BCUT2D eigenvalue weighted by atomic mass is 10.1. The molecule has 0 saturated carbocycles. The van der Waals surface area contributed by atoms with Crippen LogP contribution in [0.5, 0.6) is 0 Å². The molecule has 0 spiro atoms. The van der Waals surface area contributed by atoms with Gasteiger partial charge in [0.15, 0.2) is 0 Å². The Morgan fingerprint density at radius 3 is 2.44 bits per heavy atom. The van der Waals surface area contributed by atoms with Gasteiger partial charge in [0.25, 0.3) is 10.0 Å². The summed E-state index contributed by atoms with van der Waals surface area (Å²) in [7, 11) is -4.10. The second kappa shape index (κ2) is 6.95. The van der Waals surface area contributed by atoms with Crippen molar-refractivity contribution in [3.05, 3.63) is 76.4 Å². The molecule has 130 valence electrons. The van der Waals surface area contributed by atoms with Gasteiger partial charge in [-0.25, -0.2) is 22.9 Å². The largest absolute Gasteiger partial charge is 0.350 e. The molecule has 0 aromatic heterocycles. The molecule has 1 aliphatic heterocycles. The molecule has 0 saturated heterocycles. The predicted molar refractivity (Wildman–Crippen MR) is 95.5 cm³/mol. The summed E-state index contributed by atoms with van der Waals surface area (Å²) in [6.07, 6.45) is 3.28. The minimum Gasteiger partial charge on any atom is -0.301 e. The van der Waals surface area contributed by atoms with Crippen molar-refractivity contribution in [2.24, 2.45) is 0 Å². The number of sulfonamides is 1. The number of hydrogen-bond acceptors (Lipinski definition) is 4. The molecule has 1 unspecified atom stereocenters. The fraction of sp³-hybridized carbons (Fsp3) is 0.0625. The van der Waals surface area contributed by atoms with E-state index in [1.165, 1.54) is 18.2 Å². The van der Waals surface area contributed by atoms with Gasteiger partial charge in [-0.1, -0.05) is 47.5 Å². The van der Waals surface area contributed by atoms with Crippen LogP contribution in [0.15, 0.2) is 65.7 Å². The van der Waals surface area contributed by atoms with Gasteiger partial charge < -0.3 is 5.43 Å². The first kappa shape index (κ1) is 17.6. The zero-order valence-corrected chi connectivity index (χ0v) is 15.0. The highest BCUT2D eigenvalue weighted by Gasteiger charge is 2.30. The fourth-order valence-electron chi connectivity index (χ4n) is 2.37. The SMILES string of the molecule is O=C(NS(=O)(=O)c1ccccc1Cl)N1NC=CC1c1ccc(Cl)cc1. The topological polar surface area (TPSA) is 78.5 Å². The maximum atomic E-state index is 12.5. The van der Waals surface area contributed by atoms with Crippen molar-refractivity contribution in [1.82, 2.24) is 15.2 Å². The maximum absolute atomic E-state index is 12.5. The highest BCUT2D eigenvalue weighted by atomic mass is 35.5. The zero-order valence-electron chi connectivity index (χ0n) is 12.7. The Labute approximate surface area is 155 Å². The molecule has 3 rings (SSSR count). The number of halogens is 2. The van der Waals surface area contributed by atoms with Gasteiger partial charge in [-0.2, -0.15) is 0 Å². The number of nitrogens with zero attached hydrogens (tertiary/aromatic N) is 1. The van der Waals surface area contributed by atoms with Crippen LogP contribution in [0.1, 0.15) is 11.6 Å². The number of benzene rings is 2. The van der Waals surface area contributed by atoms with Crippen LogP contribution in [0.2, 0.25) is 10.0 Å². The van der Waals surface area contributed by atoms with Crippen molar-refractivity contribution in [3.8, 4) is 0 Å². The smallest absolute Gasteiger partial charge is 0.301 e. The van der Waals surface area contributed by atoms with Crippen LogP contribution in [0.3, 0.4) is 0 Å². The van der Waals surface area contributed by atoms with E-state index in [9.17, 15) is 13.2 Å². The number of carbonyl (C=O) groups excluding carboxylic acids is 1. The first-order valence-electron chi connectivity index (χ1n) is 7.17. The monoisotopic (exact) mass is 397 g/mol. The number of amides is 2. The fourth-order valence-corrected chi connectivity index (χ4v) is 3.95. The third-order valence-corrected chi connectivity index (χ3v) is 5.62. The molecule has 9 heteroatoms. The number of carbonyl (C=O) groups is 1. The van der Waals surface area contributed by atoms with Crippen molar-refractivity contribution in [2.75, 3.05) is 0 Å².